The molecule has 5 heteroatoms. The van der Waals surface area contributed by atoms with Gasteiger partial charge in [-0.3, -0.25) is 4.79 Å². The van der Waals surface area contributed by atoms with Crippen molar-refractivity contribution in [3.8, 4) is 0 Å². The van der Waals surface area contributed by atoms with Crippen LogP contribution in [-0.2, 0) is 11.8 Å². The van der Waals surface area contributed by atoms with Crippen molar-refractivity contribution in [2.24, 2.45) is 7.05 Å². The third kappa shape index (κ3) is 1.32. The van der Waals surface area contributed by atoms with Crippen LogP contribution in [-0.4, -0.2) is 22.6 Å². The Hall–Kier alpha value is -2.04. The Morgan fingerprint density at radius 3 is 2.93 bits per heavy atom. The number of nitrogens with one attached hydrogen (secondary N) is 1. The molecule has 0 bridgehead atoms. The van der Waals surface area contributed by atoms with Gasteiger partial charge in [-0.1, -0.05) is 0 Å². The molecule has 0 radical (unpaired) electrons. The third-order valence-electron chi connectivity index (χ3n) is 2.32. The Morgan fingerprint density at radius 1 is 1.53 bits per heavy atom. The summed E-state index contributed by atoms with van der Waals surface area (Å²) in [6.07, 6.45) is 3.13. The fourth-order valence-corrected chi connectivity index (χ4v) is 1.51. The molecule has 2 rings (SSSR count). The number of esters is 1. The van der Waals surface area contributed by atoms with Gasteiger partial charge < -0.3 is 14.3 Å². The number of carbonyl (C=O) groups is 1. The van der Waals surface area contributed by atoms with Crippen LogP contribution in [0.2, 0.25) is 0 Å². The number of rotatable bonds is 1. The number of nitrogens with zero attached hydrogens (tertiary/aromatic N) is 1. The monoisotopic (exact) mass is 206 g/mol. The molecule has 1 N–H and O–H groups in total. The molecule has 0 spiro atoms. The Balaban J connectivity index is 2.77. The number of H-pyrrole nitrogens is 1. The average Bonchev–Trinajstić information content (AvgIpc) is 2.61. The van der Waals surface area contributed by atoms with Crippen LogP contribution in [0.1, 0.15) is 10.4 Å². The molecule has 2 aromatic rings. The highest BCUT2D eigenvalue weighted by Gasteiger charge is 2.13. The second-order valence-corrected chi connectivity index (χ2v) is 3.21. The van der Waals surface area contributed by atoms with Crippen molar-refractivity contribution >= 4 is 17.0 Å². The highest BCUT2D eigenvalue weighted by molar-refractivity contribution is 5.92. The SMILES string of the molecule is COC(=O)c1c[nH]c2c(ccn2C)c1=O. The number of methoxy groups -OCH3 is 1. The van der Waals surface area contributed by atoms with Crippen LogP contribution in [0.15, 0.2) is 23.3 Å². The minimum Gasteiger partial charge on any atom is -0.465 e. The molecule has 0 aliphatic carbocycles. The van der Waals surface area contributed by atoms with Gasteiger partial charge in [0, 0.05) is 19.4 Å². The zero-order chi connectivity index (χ0) is 11.0. The summed E-state index contributed by atoms with van der Waals surface area (Å²) in [7, 11) is 3.06. The van der Waals surface area contributed by atoms with Crippen molar-refractivity contribution in [2.75, 3.05) is 7.11 Å². The van der Waals surface area contributed by atoms with Gasteiger partial charge in [-0.05, 0) is 6.07 Å². The second kappa shape index (κ2) is 3.27. The molecule has 0 unspecified atom stereocenters. The lowest BCUT2D eigenvalue weighted by molar-refractivity contribution is 0.0599. The van der Waals surface area contributed by atoms with Crippen LogP contribution in [0.5, 0.6) is 0 Å². The van der Waals surface area contributed by atoms with E-state index in [0.717, 1.165) is 0 Å². The smallest absolute Gasteiger partial charge is 0.343 e. The van der Waals surface area contributed by atoms with Gasteiger partial charge in [0.2, 0.25) is 5.43 Å². The highest BCUT2D eigenvalue weighted by atomic mass is 16.5. The molecule has 0 aliphatic rings. The number of aromatic amines is 1. The van der Waals surface area contributed by atoms with E-state index in [4.69, 9.17) is 0 Å². The molecule has 0 saturated heterocycles. The van der Waals surface area contributed by atoms with Gasteiger partial charge in [-0.2, -0.15) is 0 Å². The Labute approximate surface area is 85.3 Å². The molecular formula is C10H10N2O3. The number of carbonyl (C=O) groups excluding carboxylic acids is 1. The van der Waals surface area contributed by atoms with Crippen molar-refractivity contribution in [3.05, 3.63) is 34.2 Å². The standard InChI is InChI=1S/C10H10N2O3/c1-12-4-3-6-8(13)7(10(14)15-2)5-11-9(6)12/h3-5H,1-2H3,(H,11,13). The maximum absolute atomic E-state index is 11.8. The molecule has 78 valence electrons. The van der Waals surface area contributed by atoms with Gasteiger partial charge in [0.05, 0.1) is 12.5 Å². The average molecular weight is 206 g/mol. The number of hydrogen-bond donors (Lipinski definition) is 1. The summed E-state index contributed by atoms with van der Waals surface area (Å²) in [6, 6.07) is 1.67. The molecule has 0 aliphatic heterocycles. The third-order valence-corrected chi connectivity index (χ3v) is 2.32. The van der Waals surface area contributed by atoms with Gasteiger partial charge in [-0.25, -0.2) is 4.79 Å². The first-order valence-corrected chi connectivity index (χ1v) is 4.40. The first-order chi connectivity index (χ1) is 7.15. The maximum atomic E-state index is 11.8. The molecule has 2 aromatic heterocycles. The lowest BCUT2D eigenvalue weighted by Gasteiger charge is -1.99. The number of aromatic nitrogens is 2. The van der Waals surface area contributed by atoms with Crippen LogP contribution >= 0.6 is 0 Å². The topological polar surface area (TPSA) is 64.1 Å². The van der Waals surface area contributed by atoms with Crippen LogP contribution < -0.4 is 5.43 Å². The van der Waals surface area contributed by atoms with Crippen LogP contribution in [0.4, 0.5) is 0 Å². The van der Waals surface area contributed by atoms with Gasteiger partial charge >= 0.3 is 5.97 Å². The molecule has 0 atom stereocenters. The zero-order valence-electron chi connectivity index (χ0n) is 8.40. The van der Waals surface area contributed by atoms with E-state index in [1.54, 1.807) is 16.8 Å². The fourth-order valence-electron chi connectivity index (χ4n) is 1.51. The Bertz CT molecular complexity index is 580. The summed E-state index contributed by atoms with van der Waals surface area (Å²) >= 11 is 0. The predicted octanol–water partition coefficient (Wildman–Crippen LogP) is 0.653. The normalized spacial score (nSPS) is 10.5. The fraction of sp³-hybridized carbons (Fsp3) is 0.200. The minimum atomic E-state index is -0.623. The second-order valence-electron chi connectivity index (χ2n) is 3.21. The molecule has 5 nitrogen and oxygen atoms in total. The number of hydrogen-bond acceptors (Lipinski definition) is 3. The largest absolute Gasteiger partial charge is 0.465 e. The van der Waals surface area contributed by atoms with E-state index in [9.17, 15) is 9.59 Å². The van der Waals surface area contributed by atoms with E-state index < -0.39 is 5.97 Å². The maximum Gasteiger partial charge on any atom is 0.343 e. The van der Waals surface area contributed by atoms with Crippen molar-refractivity contribution in [2.45, 2.75) is 0 Å². The first kappa shape index (κ1) is 9.51. The lowest BCUT2D eigenvalue weighted by Crippen LogP contribution is -2.16. The molecule has 0 fully saturated rings. The summed E-state index contributed by atoms with van der Waals surface area (Å²) in [5.74, 6) is -0.623. The summed E-state index contributed by atoms with van der Waals surface area (Å²) in [5, 5.41) is 0.486. The van der Waals surface area contributed by atoms with E-state index in [2.05, 4.69) is 9.72 Å². The summed E-state index contributed by atoms with van der Waals surface area (Å²) in [5.41, 5.74) is 0.403. The molecule has 15 heavy (non-hydrogen) atoms. The van der Waals surface area contributed by atoms with Crippen LogP contribution in [0.25, 0.3) is 11.0 Å². The summed E-state index contributed by atoms with van der Waals surface area (Å²) in [4.78, 5) is 25.9. The van der Waals surface area contributed by atoms with Crippen LogP contribution in [0, 0.1) is 0 Å². The molecular weight excluding hydrogens is 196 g/mol. The summed E-state index contributed by atoms with van der Waals surface area (Å²) in [6.45, 7) is 0. The molecule has 0 amide bonds. The van der Waals surface area contributed by atoms with Gasteiger partial charge in [0.15, 0.2) is 0 Å². The van der Waals surface area contributed by atoms with E-state index in [0.29, 0.717) is 11.0 Å². The lowest BCUT2D eigenvalue weighted by atomic mass is 10.2. The molecule has 2 heterocycles. The van der Waals surface area contributed by atoms with Crippen molar-refractivity contribution < 1.29 is 9.53 Å². The Kier molecular flexibility index (Phi) is 2.07. The summed E-state index contributed by atoms with van der Waals surface area (Å²) < 4.78 is 6.28. The van der Waals surface area contributed by atoms with Crippen LogP contribution in [0.3, 0.4) is 0 Å². The number of ether oxygens (including phenoxy) is 1. The number of pyridine rings is 1. The van der Waals surface area contributed by atoms with Gasteiger partial charge in [0.25, 0.3) is 0 Å². The van der Waals surface area contributed by atoms with E-state index in [1.807, 2.05) is 7.05 Å². The molecule has 0 aromatic carbocycles. The van der Waals surface area contributed by atoms with E-state index >= 15 is 0 Å². The van der Waals surface area contributed by atoms with E-state index in [1.165, 1.54) is 13.3 Å². The predicted molar refractivity (Wildman–Crippen MR) is 54.9 cm³/mol. The van der Waals surface area contributed by atoms with Crippen molar-refractivity contribution in [1.29, 1.82) is 0 Å². The highest BCUT2D eigenvalue weighted by Crippen LogP contribution is 2.08. The van der Waals surface area contributed by atoms with Crippen molar-refractivity contribution in [1.82, 2.24) is 9.55 Å². The van der Waals surface area contributed by atoms with E-state index in [-0.39, 0.29) is 11.0 Å². The van der Waals surface area contributed by atoms with Gasteiger partial charge in [-0.15, -0.1) is 0 Å². The quantitative estimate of drug-likeness (QED) is 0.697. The first-order valence-electron chi connectivity index (χ1n) is 4.40. The number of aryl methyl sites for hydroxylation is 1. The number of fused-ring (bicyclic) bond motifs is 1. The zero-order valence-corrected chi connectivity index (χ0v) is 8.40. The van der Waals surface area contributed by atoms with Crippen molar-refractivity contribution in [3.63, 3.8) is 0 Å². The van der Waals surface area contributed by atoms with Gasteiger partial charge in [0.1, 0.15) is 11.2 Å². The Morgan fingerprint density at radius 2 is 2.27 bits per heavy atom. The minimum absolute atomic E-state index is 0.0243. The molecule has 0 saturated carbocycles.